The van der Waals surface area contributed by atoms with Crippen molar-refractivity contribution in [2.75, 3.05) is 0 Å². The minimum absolute atomic E-state index is 0.133. The standard InChI is InChI=1S/C37H66O6/c1-3-4-5-6-7-8-9-10-11-15-18-21-24-33(39)35-26-27-36(43-35)34(40)25-22-19-16-13-12-14-17-20-23-32(38)29-31-28-30(2)42-37(31)41/h15,18,28,30,32-36,38-40H,3-14,16-17,19-27,29H2,1-2H3/b18-15-/t30-,32+,33-,34+,35+,36+/m0/s1. The van der Waals surface area contributed by atoms with E-state index in [1.165, 1.54) is 77.0 Å². The summed E-state index contributed by atoms with van der Waals surface area (Å²) in [7, 11) is 0. The number of hydrogen-bond donors (Lipinski definition) is 3. The number of carbonyl (C=O) groups excluding carboxylic acids is 1. The van der Waals surface area contributed by atoms with Crippen LogP contribution in [0.4, 0.5) is 0 Å². The zero-order valence-electron chi connectivity index (χ0n) is 27.7. The number of carbonyl (C=O) groups is 1. The van der Waals surface area contributed by atoms with Crippen molar-refractivity contribution in [1.29, 1.82) is 0 Å². The molecule has 0 saturated carbocycles. The van der Waals surface area contributed by atoms with Crippen LogP contribution in [-0.2, 0) is 14.3 Å². The van der Waals surface area contributed by atoms with Crippen molar-refractivity contribution >= 4 is 5.97 Å². The van der Waals surface area contributed by atoms with E-state index in [0.717, 1.165) is 70.6 Å². The predicted octanol–water partition coefficient (Wildman–Crippen LogP) is 8.65. The lowest BCUT2D eigenvalue weighted by molar-refractivity contribution is -0.139. The van der Waals surface area contributed by atoms with Gasteiger partial charge in [0.2, 0.25) is 0 Å². The first-order chi connectivity index (χ1) is 20.9. The van der Waals surface area contributed by atoms with Gasteiger partial charge >= 0.3 is 5.97 Å². The molecule has 0 aliphatic carbocycles. The smallest absolute Gasteiger partial charge is 0.334 e. The number of hydrogen-bond acceptors (Lipinski definition) is 6. The van der Waals surface area contributed by atoms with Gasteiger partial charge < -0.3 is 24.8 Å². The predicted molar refractivity (Wildman–Crippen MR) is 176 cm³/mol. The number of ether oxygens (including phenoxy) is 2. The Kier molecular flexibility index (Phi) is 21.3. The lowest BCUT2D eigenvalue weighted by Crippen LogP contribution is -2.30. The highest BCUT2D eigenvalue weighted by Gasteiger charge is 2.34. The molecule has 3 N–H and O–H groups in total. The van der Waals surface area contributed by atoms with E-state index >= 15 is 0 Å². The zero-order chi connectivity index (χ0) is 31.1. The van der Waals surface area contributed by atoms with E-state index in [9.17, 15) is 20.1 Å². The van der Waals surface area contributed by atoms with E-state index in [-0.39, 0.29) is 24.3 Å². The number of rotatable bonds is 27. The van der Waals surface area contributed by atoms with Gasteiger partial charge in [-0.3, -0.25) is 0 Å². The van der Waals surface area contributed by atoms with Gasteiger partial charge in [-0.1, -0.05) is 115 Å². The van der Waals surface area contributed by atoms with E-state index in [2.05, 4.69) is 19.1 Å². The molecule has 43 heavy (non-hydrogen) atoms. The van der Waals surface area contributed by atoms with Crippen LogP contribution in [0.1, 0.15) is 168 Å². The van der Waals surface area contributed by atoms with Gasteiger partial charge in [-0.25, -0.2) is 4.79 Å². The average molecular weight is 607 g/mol. The van der Waals surface area contributed by atoms with Crippen molar-refractivity contribution in [1.82, 2.24) is 0 Å². The second-order valence-corrected chi connectivity index (χ2v) is 13.3. The van der Waals surface area contributed by atoms with Crippen LogP contribution in [0.25, 0.3) is 0 Å². The largest absolute Gasteiger partial charge is 0.455 e. The molecule has 0 amide bonds. The number of esters is 1. The Bertz CT molecular complexity index is 764. The number of allylic oxidation sites excluding steroid dienone is 2. The van der Waals surface area contributed by atoms with Crippen molar-refractivity contribution < 1.29 is 29.6 Å². The number of aliphatic hydroxyl groups is 3. The van der Waals surface area contributed by atoms with Crippen molar-refractivity contribution in [3.63, 3.8) is 0 Å². The maximum Gasteiger partial charge on any atom is 0.334 e. The summed E-state index contributed by atoms with van der Waals surface area (Å²) in [5.74, 6) is -0.282. The Balaban J connectivity index is 1.38. The van der Waals surface area contributed by atoms with Gasteiger partial charge in [0.1, 0.15) is 6.10 Å². The molecule has 0 unspecified atom stereocenters. The molecule has 2 heterocycles. The van der Waals surface area contributed by atoms with Crippen molar-refractivity contribution in [3.05, 3.63) is 23.8 Å². The number of cyclic esters (lactones) is 1. The zero-order valence-corrected chi connectivity index (χ0v) is 27.7. The third-order valence-electron chi connectivity index (χ3n) is 9.20. The summed E-state index contributed by atoms with van der Waals surface area (Å²) in [4.78, 5) is 11.6. The first-order valence-electron chi connectivity index (χ1n) is 18.2. The van der Waals surface area contributed by atoms with E-state index in [0.29, 0.717) is 12.0 Å². The first kappa shape index (κ1) is 38.0. The van der Waals surface area contributed by atoms with E-state index in [1.807, 2.05) is 13.0 Å². The highest BCUT2D eigenvalue weighted by atomic mass is 16.5. The third kappa shape index (κ3) is 17.8. The fraction of sp³-hybridized carbons (Fsp3) is 0.865. The van der Waals surface area contributed by atoms with Crippen LogP contribution in [0.5, 0.6) is 0 Å². The van der Waals surface area contributed by atoms with Gasteiger partial charge in [-0.05, 0) is 64.4 Å². The van der Waals surface area contributed by atoms with Crippen molar-refractivity contribution in [3.8, 4) is 0 Å². The van der Waals surface area contributed by atoms with Crippen molar-refractivity contribution in [2.45, 2.75) is 205 Å². The van der Waals surface area contributed by atoms with Crippen LogP contribution < -0.4 is 0 Å². The van der Waals surface area contributed by atoms with Gasteiger partial charge in [0.25, 0.3) is 0 Å². The Morgan fingerprint density at radius 3 is 1.81 bits per heavy atom. The molecule has 0 radical (unpaired) electrons. The molecule has 2 rings (SSSR count). The van der Waals surface area contributed by atoms with Gasteiger partial charge in [0, 0.05) is 12.0 Å². The molecule has 0 aromatic rings. The molecule has 6 atom stereocenters. The highest BCUT2D eigenvalue weighted by molar-refractivity contribution is 5.90. The Hall–Kier alpha value is -1.21. The molecule has 0 spiro atoms. The lowest BCUT2D eigenvalue weighted by atomic mass is 10.00. The van der Waals surface area contributed by atoms with Gasteiger partial charge in [0.15, 0.2) is 0 Å². The van der Waals surface area contributed by atoms with Crippen LogP contribution in [0.2, 0.25) is 0 Å². The molecular formula is C37H66O6. The molecule has 0 bridgehead atoms. The highest BCUT2D eigenvalue weighted by Crippen LogP contribution is 2.28. The van der Waals surface area contributed by atoms with E-state index < -0.39 is 18.3 Å². The van der Waals surface area contributed by atoms with Gasteiger partial charge in [-0.15, -0.1) is 0 Å². The molecule has 0 aromatic carbocycles. The SMILES string of the molecule is CCCCCCCCCC/C=C\CC[C@H](O)[C@H]1CC[C@H]([C@H](O)CCCCCCCCCC[C@@H](O)CC2=C[C@H](C)OC2=O)O1. The van der Waals surface area contributed by atoms with E-state index in [4.69, 9.17) is 9.47 Å². The maximum atomic E-state index is 11.6. The summed E-state index contributed by atoms with van der Waals surface area (Å²) >= 11 is 0. The Morgan fingerprint density at radius 1 is 0.721 bits per heavy atom. The number of unbranched alkanes of at least 4 members (excludes halogenated alkanes) is 15. The lowest BCUT2D eigenvalue weighted by Gasteiger charge is -2.22. The third-order valence-corrected chi connectivity index (χ3v) is 9.20. The fourth-order valence-corrected chi connectivity index (χ4v) is 6.46. The molecular weight excluding hydrogens is 540 g/mol. The monoisotopic (exact) mass is 606 g/mol. The second-order valence-electron chi connectivity index (χ2n) is 13.3. The molecule has 250 valence electrons. The van der Waals surface area contributed by atoms with Crippen LogP contribution in [0, 0.1) is 0 Å². The summed E-state index contributed by atoms with van der Waals surface area (Å²) in [6, 6.07) is 0. The maximum absolute atomic E-state index is 11.6. The van der Waals surface area contributed by atoms with Crippen LogP contribution in [0.3, 0.4) is 0 Å². The summed E-state index contributed by atoms with van der Waals surface area (Å²) in [6.07, 6.45) is 30.7. The fourth-order valence-electron chi connectivity index (χ4n) is 6.46. The van der Waals surface area contributed by atoms with Crippen LogP contribution in [-0.4, -0.2) is 57.9 Å². The normalized spacial score (nSPS) is 22.7. The second kappa shape index (κ2) is 24.1. The molecule has 0 aromatic heterocycles. The van der Waals surface area contributed by atoms with Gasteiger partial charge in [-0.2, -0.15) is 0 Å². The van der Waals surface area contributed by atoms with Crippen LogP contribution >= 0.6 is 0 Å². The van der Waals surface area contributed by atoms with Gasteiger partial charge in [0.05, 0.1) is 30.5 Å². The molecule has 6 nitrogen and oxygen atoms in total. The Morgan fingerprint density at radius 2 is 1.23 bits per heavy atom. The molecule has 6 heteroatoms. The minimum Gasteiger partial charge on any atom is -0.455 e. The van der Waals surface area contributed by atoms with Crippen LogP contribution in [0.15, 0.2) is 23.8 Å². The first-order valence-corrected chi connectivity index (χ1v) is 18.2. The van der Waals surface area contributed by atoms with E-state index in [1.54, 1.807) is 0 Å². The topological polar surface area (TPSA) is 96.2 Å². The quantitative estimate of drug-likeness (QED) is 0.0492. The summed E-state index contributed by atoms with van der Waals surface area (Å²) < 4.78 is 11.2. The van der Waals surface area contributed by atoms with Crippen molar-refractivity contribution in [2.24, 2.45) is 0 Å². The summed E-state index contributed by atoms with van der Waals surface area (Å²) in [5, 5.41) is 31.4. The summed E-state index contributed by atoms with van der Waals surface area (Å²) in [5.41, 5.74) is 0.615. The average Bonchev–Trinajstić information content (AvgIpc) is 3.60. The summed E-state index contributed by atoms with van der Waals surface area (Å²) in [6.45, 7) is 4.10. The Labute approximate surface area is 263 Å². The molecule has 2 aliphatic rings. The molecule has 2 aliphatic heterocycles. The number of aliphatic hydroxyl groups excluding tert-OH is 3. The minimum atomic E-state index is -0.464. The molecule has 1 saturated heterocycles. The molecule has 1 fully saturated rings.